The van der Waals surface area contributed by atoms with Crippen molar-refractivity contribution in [1.82, 2.24) is 0 Å². The lowest BCUT2D eigenvalue weighted by molar-refractivity contribution is -0.121. The van der Waals surface area contributed by atoms with E-state index in [1.807, 2.05) is 54.6 Å². The van der Waals surface area contributed by atoms with Crippen molar-refractivity contribution in [2.24, 2.45) is 0 Å². The molecule has 0 unspecified atom stereocenters. The third-order valence-corrected chi connectivity index (χ3v) is 4.34. The van der Waals surface area contributed by atoms with E-state index in [0.29, 0.717) is 5.69 Å². The predicted octanol–water partition coefficient (Wildman–Crippen LogP) is 4.03. The minimum atomic E-state index is -0.369. The molecule has 1 fully saturated rings. The summed E-state index contributed by atoms with van der Waals surface area (Å²) in [7, 11) is 0. The van der Waals surface area contributed by atoms with Gasteiger partial charge in [-0.2, -0.15) is 0 Å². The first-order valence-corrected chi connectivity index (χ1v) is 7.90. The zero-order chi connectivity index (χ0) is 16.6. The van der Waals surface area contributed by atoms with Crippen LogP contribution >= 0.6 is 0 Å². The molecule has 1 saturated heterocycles. The number of carbonyl (C=O) groups excluding carboxylic acids is 2. The summed E-state index contributed by atoms with van der Waals surface area (Å²) in [6.07, 6.45) is 0.240. The largest absolute Gasteiger partial charge is 0.274 e. The summed E-state index contributed by atoms with van der Waals surface area (Å²) >= 11 is 0. The van der Waals surface area contributed by atoms with Crippen molar-refractivity contribution in [2.75, 3.05) is 4.90 Å². The Morgan fingerprint density at radius 1 is 0.913 bits per heavy atom. The number of anilines is 1. The molecular weight excluding hydrogens is 286 g/mol. The summed E-state index contributed by atoms with van der Waals surface area (Å²) in [5, 5.41) is 0. The van der Waals surface area contributed by atoms with Crippen LogP contribution in [0.3, 0.4) is 0 Å². The first-order chi connectivity index (χ1) is 10.9. The highest BCUT2D eigenvalue weighted by Gasteiger charge is 2.40. The van der Waals surface area contributed by atoms with Crippen molar-refractivity contribution >= 4 is 17.5 Å². The average molecular weight is 307 g/mol. The second-order valence-corrected chi connectivity index (χ2v) is 7.03. The normalized spacial score (nSPS) is 18.6. The van der Waals surface area contributed by atoms with Crippen LogP contribution in [0.2, 0.25) is 0 Å². The molecule has 1 aliphatic rings. The van der Waals surface area contributed by atoms with Crippen LogP contribution in [0.25, 0.3) is 0 Å². The fourth-order valence-corrected chi connectivity index (χ4v) is 2.96. The van der Waals surface area contributed by atoms with Gasteiger partial charge >= 0.3 is 0 Å². The molecule has 2 amide bonds. The van der Waals surface area contributed by atoms with Gasteiger partial charge in [-0.15, -0.1) is 0 Å². The SMILES string of the molecule is CC(C)(C)c1ccc(N2C(=O)C[C@H](c3ccccc3)C2=O)cc1. The Kier molecular flexibility index (Phi) is 3.80. The molecule has 3 nitrogen and oxygen atoms in total. The van der Waals surface area contributed by atoms with E-state index >= 15 is 0 Å². The number of imide groups is 1. The average Bonchev–Trinajstić information content (AvgIpc) is 2.82. The Morgan fingerprint density at radius 3 is 2.09 bits per heavy atom. The highest BCUT2D eigenvalue weighted by atomic mass is 16.2. The number of benzene rings is 2. The molecule has 0 spiro atoms. The Bertz CT molecular complexity index is 726. The van der Waals surface area contributed by atoms with Crippen molar-refractivity contribution in [1.29, 1.82) is 0 Å². The number of rotatable bonds is 2. The lowest BCUT2D eigenvalue weighted by atomic mass is 9.87. The van der Waals surface area contributed by atoms with E-state index in [1.54, 1.807) is 0 Å². The van der Waals surface area contributed by atoms with Gasteiger partial charge in [-0.25, -0.2) is 0 Å². The summed E-state index contributed by atoms with van der Waals surface area (Å²) in [5.41, 5.74) is 2.79. The van der Waals surface area contributed by atoms with E-state index in [0.717, 1.165) is 5.56 Å². The second kappa shape index (κ2) is 5.65. The minimum Gasteiger partial charge on any atom is -0.274 e. The fraction of sp³-hybridized carbons (Fsp3) is 0.300. The van der Waals surface area contributed by atoms with Crippen molar-refractivity contribution in [3.05, 3.63) is 65.7 Å². The van der Waals surface area contributed by atoms with Crippen LogP contribution in [0, 0.1) is 0 Å². The molecule has 118 valence electrons. The molecule has 0 saturated carbocycles. The number of hydrogen-bond acceptors (Lipinski definition) is 2. The van der Waals surface area contributed by atoms with Crippen LogP contribution in [-0.2, 0) is 15.0 Å². The van der Waals surface area contributed by atoms with Crippen LogP contribution in [0.15, 0.2) is 54.6 Å². The molecule has 1 aliphatic heterocycles. The van der Waals surface area contributed by atoms with Gasteiger partial charge in [0.1, 0.15) is 0 Å². The van der Waals surface area contributed by atoms with E-state index in [1.165, 1.54) is 10.5 Å². The fourth-order valence-electron chi connectivity index (χ4n) is 2.96. The standard InChI is InChI=1S/C20H21NO2/c1-20(2,3)15-9-11-16(12-10-15)21-18(22)13-17(19(21)23)14-7-5-4-6-8-14/h4-12,17H,13H2,1-3H3/t17-/m1/s1. The summed E-state index contributed by atoms with van der Waals surface area (Å²) in [5.74, 6) is -0.636. The summed E-state index contributed by atoms with van der Waals surface area (Å²) in [6.45, 7) is 6.42. The van der Waals surface area contributed by atoms with Gasteiger partial charge in [0.05, 0.1) is 11.6 Å². The molecule has 0 aliphatic carbocycles. The Hall–Kier alpha value is -2.42. The molecule has 3 heteroatoms. The molecule has 3 rings (SSSR count). The first-order valence-electron chi connectivity index (χ1n) is 7.90. The topological polar surface area (TPSA) is 37.4 Å². The van der Waals surface area contributed by atoms with Gasteiger partial charge in [0.15, 0.2) is 0 Å². The molecule has 2 aromatic rings. The third kappa shape index (κ3) is 2.91. The first kappa shape index (κ1) is 15.5. The number of carbonyl (C=O) groups is 2. The van der Waals surface area contributed by atoms with Gasteiger partial charge in [-0.1, -0.05) is 63.2 Å². The Balaban J connectivity index is 1.89. The number of amides is 2. The van der Waals surface area contributed by atoms with E-state index in [4.69, 9.17) is 0 Å². The zero-order valence-electron chi connectivity index (χ0n) is 13.7. The zero-order valence-corrected chi connectivity index (χ0v) is 13.7. The van der Waals surface area contributed by atoms with E-state index < -0.39 is 0 Å². The van der Waals surface area contributed by atoms with E-state index in [2.05, 4.69) is 20.8 Å². The Morgan fingerprint density at radius 2 is 1.52 bits per heavy atom. The highest BCUT2D eigenvalue weighted by Crippen LogP contribution is 2.34. The molecule has 0 radical (unpaired) electrons. The molecule has 0 aromatic heterocycles. The van der Waals surface area contributed by atoms with Crippen molar-refractivity contribution in [2.45, 2.75) is 38.5 Å². The van der Waals surface area contributed by atoms with Crippen LogP contribution in [-0.4, -0.2) is 11.8 Å². The lowest BCUT2D eigenvalue weighted by Gasteiger charge is -2.21. The quantitative estimate of drug-likeness (QED) is 0.786. The molecule has 2 aromatic carbocycles. The maximum Gasteiger partial charge on any atom is 0.241 e. The molecule has 0 N–H and O–H groups in total. The molecule has 23 heavy (non-hydrogen) atoms. The summed E-state index contributed by atoms with van der Waals surface area (Å²) in [4.78, 5) is 26.4. The Labute approximate surface area is 136 Å². The van der Waals surface area contributed by atoms with Crippen molar-refractivity contribution < 1.29 is 9.59 Å². The van der Waals surface area contributed by atoms with Gasteiger partial charge < -0.3 is 0 Å². The van der Waals surface area contributed by atoms with Gasteiger partial charge in [0, 0.05) is 6.42 Å². The molecule has 0 bridgehead atoms. The van der Waals surface area contributed by atoms with Crippen LogP contribution in [0.5, 0.6) is 0 Å². The highest BCUT2D eigenvalue weighted by molar-refractivity contribution is 6.22. The van der Waals surface area contributed by atoms with Crippen molar-refractivity contribution in [3.8, 4) is 0 Å². The number of nitrogens with zero attached hydrogens (tertiary/aromatic N) is 1. The van der Waals surface area contributed by atoms with Gasteiger partial charge in [-0.05, 0) is 28.7 Å². The summed E-state index contributed by atoms with van der Waals surface area (Å²) in [6, 6.07) is 17.2. The van der Waals surface area contributed by atoms with Crippen LogP contribution < -0.4 is 4.90 Å². The predicted molar refractivity (Wildman–Crippen MR) is 91.4 cm³/mol. The number of hydrogen-bond donors (Lipinski definition) is 0. The minimum absolute atomic E-state index is 0.0458. The van der Waals surface area contributed by atoms with Crippen LogP contribution in [0.1, 0.15) is 44.2 Å². The summed E-state index contributed by atoms with van der Waals surface area (Å²) < 4.78 is 0. The van der Waals surface area contributed by atoms with Gasteiger partial charge in [0.2, 0.25) is 11.8 Å². The maximum absolute atomic E-state index is 12.7. The molecular formula is C20H21NO2. The van der Waals surface area contributed by atoms with E-state index in [-0.39, 0.29) is 29.6 Å². The van der Waals surface area contributed by atoms with Gasteiger partial charge in [-0.3, -0.25) is 14.5 Å². The third-order valence-electron chi connectivity index (χ3n) is 4.34. The van der Waals surface area contributed by atoms with Gasteiger partial charge in [0.25, 0.3) is 0 Å². The smallest absolute Gasteiger partial charge is 0.241 e. The maximum atomic E-state index is 12.7. The molecule has 1 atom stereocenters. The monoisotopic (exact) mass is 307 g/mol. The second-order valence-electron chi connectivity index (χ2n) is 7.03. The van der Waals surface area contributed by atoms with Crippen molar-refractivity contribution in [3.63, 3.8) is 0 Å². The van der Waals surface area contributed by atoms with E-state index in [9.17, 15) is 9.59 Å². The molecule has 1 heterocycles. The van der Waals surface area contributed by atoms with Crippen LogP contribution in [0.4, 0.5) is 5.69 Å². The lowest BCUT2D eigenvalue weighted by Crippen LogP contribution is -2.30.